The van der Waals surface area contributed by atoms with E-state index in [9.17, 15) is 4.79 Å². The molecule has 0 spiro atoms. The first-order valence-corrected chi connectivity index (χ1v) is 9.83. The fourth-order valence-electron chi connectivity index (χ4n) is 3.89. The summed E-state index contributed by atoms with van der Waals surface area (Å²) in [5.74, 6) is 1.62. The van der Waals surface area contributed by atoms with Crippen LogP contribution in [0, 0.1) is 0 Å². The Morgan fingerprint density at radius 1 is 1.22 bits per heavy atom. The Labute approximate surface area is 162 Å². The lowest BCUT2D eigenvalue weighted by atomic mass is 9.84. The fourth-order valence-corrected chi connectivity index (χ4v) is 3.89. The van der Waals surface area contributed by atoms with Gasteiger partial charge in [0.1, 0.15) is 17.1 Å². The zero-order chi connectivity index (χ0) is 19.4. The average molecular weight is 373 g/mol. The largest absolute Gasteiger partial charge is 0.497 e. The van der Waals surface area contributed by atoms with Crippen LogP contribution in [0.2, 0.25) is 0 Å². The third kappa shape index (κ3) is 5.18. The highest BCUT2D eigenvalue weighted by atomic mass is 16.6. The minimum absolute atomic E-state index is 0.152. The van der Waals surface area contributed by atoms with Crippen molar-refractivity contribution in [3.05, 3.63) is 35.9 Å². The smallest absolute Gasteiger partial charge is 0.411 e. The van der Waals surface area contributed by atoms with Gasteiger partial charge in [-0.15, -0.1) is 0 Å². The summed E-state index contributed by atoms with van der Waals surface area (Å²) in [6.07, 6.45) is 7.09. The summed E-state index contributed by atoms with van der Waals surface area (Å²) in [6.45, 7) is 6.39. The molecule has 2 atom stereocenters. The molecule has 1 aromatic carbocycles. The topological polar surface area (TPSA) is 48.0 Å². The van der Waals surface area contributed by atoms with E-state index in [2.05, 4.69) is 6.08 Å². The van der Waals surface area contributed by atoms with Gasteiger partial charge in [-0.2, -0.15) is 0 Å². The quantitative estimate of drug-likeness (QED) is 0.685. The molecule has 5 heteroatoms. The fraction of sp³-hybridized carbons (Fsp3) is 0.591. The van der Waals surface area contributed by atoms with Crippen LogP contribution < -0.4 is 9.47 Å². The summed E-state index contributed by atoms with van der Waals surface area (Å²) < 4.78 is 16.7. The SMILES string of the molecule is COc1cccc(OCCC2=CC3CCCC(C2)N3C(=O)OC(C)(C)C)c1. The van der Waals surface area contributed by atoms with E-state index in [0.29, 0.717) is 6.61 Å². The molecule has 5 nitrogen and oxygen atoms in total. The number of nitrogens with zero attached hydrogens (tertiary/aromatic N) is 1. The van der Waals surface area contributed by atoms with Gasteiger partial charge in [-0.3, -0.25) is 4.90 Å². The van der Waals surface area contributed by atoms with E-state index >= 15 is 0 Å². The summed E-state index contributed by atoms with van der Waals surface area (Å²) in [5.41, 5.74) is 0.923. The number of hydrogen-bond donors (Lipinski definition) is 0. The third-order valence-corrected chi connectivity index (χ3v) is 5.05. The second-order valence-corrected chi connectivity index (χ2v) is 8.35. The Morgan fingerprint density at radius 2 is 2.00 bits per heavy atom. The second kappa shape index (κ2) is 8.24. The van der Waals surface area contributed by atoms with Crippen LogP contribution in [-0.4, -0.2) is 42.4 Å². The molecule has 2 bridgehead atoms. The Hall–Kier alpha value is -2.17. The molecular formula is C22H31NO4. The molecule has 2 aliphatic rings. The van der Waals surface area contributed by atoms with Crippen molar-refractivity contribution in [1.29, 1.82) is 0 Å². The van der Waals surface area contributed by atoms with Crippen LogP contribution in [0.1, 0.15) is 52.9 Å². The van der Waals surface area contributed by atoms with Crippen LogP contribution in [-0.2, 0) is 4.74 Å². The number of amides is 1. The normalized spacial score (nSPS) is 22.1. The molecular weight excluding hydrogens is 342 g/mol. The molecule has 2 aliphatic heterocycles. The summed E-state index contributed by atoms with van der Waals surface area (Å²) in [6, 6.07) is 8.07. The third-order valence-electron chi connectivity index (χ3n) is 5.05. The molecule has 2 heterocycles. The first-order chi connectivity index (χ1) is 12.9. The lowest BCUT2D eigenvalue weighted by Crippen LogP contribution is -2.53. The van der Waals surface area contributed by atoms with Gasteiger partial charge < -0.3 is 14.2 Å². The zero-order valence-electron chi connectivity index (χ0n) is 16.9. The molecule has 0 aliphatic carbocycles. The van der Waals surface area contributed by atoms with E-state index in [0.717, 1.165) is 37.2 Å². The van der Waals surface area contributed by atoms with E-state index in [1.165, 1.54) is 12.0 Å². The number of ether oxygens (including phenoxy) is 3. The van der Waals surface area contributed by atoms with Crippen molar-refractivity contribution in [1.82, 2.24) is 4.90 Å². The second-order valence-electron chi connectivity index (χ2n) is 8.35. The van der Waals surface area contributed by atoms with Gasteiger partial charge in [0.2, 0.25) is 0 Å². The molecule has 0 N–H and O–H groups in total. The van der Waals surface area contributed by atoms with E-state index in [4.69, 9.17) is 14.2 Å². The van der Waals surface area contributed by atoms with Gasteiger partial charge in [0.05, 0.1) is 19.8 Å². The van der Waals surface area contributed by atoms with E-state index in [-0.39, 0.29) is 18.2 Å². The van der Waals surface area contributed by atoms with Gasteiger partial charge in [0.15, 0.2) is 0 Å². The number of methoxy groups -OCH3 is 1. The monoisotopic (exact) mass is 373 g/mol. The predicted octanol–water partition coefficient (Wildman–Crippen LogP) is 4.95. The van der Waals surface area contributed by atoms with Gasteiger partial charge in [-0.05, 0) is 58.6 Å². The first-order valence-electron chi connectivity index (χ1n) is 9.83. The summed E-state index contributed by atoms with van der Waals surface area (Å²) in [4.78, 5) is 14.6. The highest BCUT2D eigenvalue weighted by Gasteiger charge is 2.38. The van der Waals surface area contributed by atoms with Crippen molar-refractivity contribution in [3.63, 3.8) is 0 Å². The molecule has 1 aromatic rings. The van der Waals surface area contributed by atoms with Crippen molar-refractivity contribution >= 4 is 6.09 Å². The highest BCUT2D eigenvalue weighted by Crippen LogP contribution is 2.35. The molecule has 0 radical (unpaired) electrons. The zero-order valence-corrected chi connectivity index (χ0v) is 16.9. The van der Waals surface area contributed by atoms with Crippen molar-refractivity contribution in [2.24, 2.45) is 0 Å². The van der Waals surface area contributed by atoms with Gasteiger partial charge in [-0.1, -0.05) is 17.7 Å². The molecule has 0 aromatic heterocycles. The minimum atomic E-state index is -0.458. The molecule has 2 unspecified atom stereocenters. The standard InChI is InChI=1S/C22H31NO4/c1-22(2,3)27-21(24)23-17-7-5-8-18(23)14-16(13-17)11-12-26-20-10-6-9-19(15-20)25-4/h6,9-10,13,15,17-18H,5,7-8,11-12,14H2,1-4H3. The molecule has 1 amide bonds. The van der Waals surface area contributed by atoms with Crippen LogP contribution >= 0.6 is 0 Å². The molecule has 27 heavy (non-hydrogen) atoms. The van der Waals surface area contributed by atoms with Gasteiger partial charge >= 0.3 is 6.09 Å². The Kier molecular flexibility index (Phi) is 5.98. The number of benzene rings is 1. The van der Waals surface area contributed by atoms with Crippen molar-refractivity contribution in [2.45, 2.75) is 70.6 Å². The van der Waals surface area contributed by atoms with Crippen molar-refractivity contribution in [2.75, 3.05) is 13.7 Å². The average Bonchev–Trinajstić information content (AvgIpc) is 2.59. The van der Waals surface area contributed by atoms with Crippen LogP contribution in [0.3, 0.4) is 0 Å². The van der Waals surface area contributed by atoms with Gasteiger partial charge in [0, 0.05) is 18.5 Å². The van der Waals surface area contributed by atoms with E-state index in [1.54, 1.807) is 7.11 Å². The van der Waals surface area contributed by atoms with Gasteiger partial charge in [0.25, 0.3) is 0 Å². The minimum Gasteiger partial charge on any atom is -0.497 e. The highest BCUT2D eigenvalue weighted by molar-refractivity contribution is 5.70. The summed E-state index contributed by atoms with van der Waals surface area (Å²) in [7, 11) is 1.65. The van der Waals surface area contributed by atoms with Gasteiger partial charge in [-0.25, -0.2) is 4.79 Å². The maximum Gasteiger partial charge on any atom is 0.411 e. The summed E-state index contributed by atoms with van der Waals surface area (Å²) in [5, 5.41) is 0. The Balaban J connectivity index is 1.59. The maximum absolute atomic E-state index is 12.6. The molecule has 1 saturated heterocycles. The van der Waals surface area contributed by atoms with Crippen LogP contribution in [0.4, 0.5) is 4.79 Å². The molecule has 1 fully saturated rings. The maximum atomic E-state index is 12.6. The number of fused-ring (bicyclic) bond motifs is 2. The van der Waals surface area contributed by atoms with Crippen LogP contribution in [0.15, 0.2) is 35.9 Å². The molecule has 148 valence electrons. The first kappa shape index (κ1) is 19.6. The Morgan fingerprint density at radius 3 is 2.70 bits per heavy atom. The van der Waals surface area contributed by atoms with E-state index < -0.39 is 5.60 Å². The number of carbonyl (C=O) groups is 1. The number of rotatable bonds is 5. The van der Waals surface area contributed by atoms with Crippen molar-refractivity contribution < 1.29 is 19.0 Å². The van der Waals surface area contributed by atoms with Crippen molar-refractivity contribution in [3.8, 4) is 11.5 Å². The Bertz CT molecular complexity index is 692. The van der Waals surface area contributed by atoms with Crippen LogP contribution in [0.25, 0.3) is 0 Å². The number of piperidine rings is 1. The molecule has 3 rings (SSSR count). The van der Waals surface area contributed by atoms with Crippen LogP contribution in [0.5, 0.6) is 11.5 Å². The molecule has 0 saturated carbocycles. The van der Waals surface area contributed by atoms with E-state index in [1.807, 2.05) is 49.9 Å². The lowest BCUT2D eigenvalue weighted by Gasteiger charge is -2.45. The lowest BCUT2D eigenvalue weighted by molar-refractivity contribution is -0.00165. The number of carbonyl (C=O) groups excluding carboxylic acids is 1. The summed E-state index contributed by atoms with van der Waals surface area (Å²) >= 11 is 0. The predicted molar refractivity (Wildman–Crippen MR) is 105 cm³/mol. The number of hydrogen-bond acceptors (Lipinski definition) is 4.